The standard InChI is InChI=1S/C18H21ClN2O2/c1-12-4-3-5-13(2)18(12)21-11-17(23)20-10-16(22)14-6-8-15(19)9-7-14/h3-9,16,21-22H,10-11H2,1-2H3,(H,20,23). The Kier molecular flexibility index (Phi) is 6.02. The van der Waals surface area contributed by atoms with Crippen molar-refractivity contribution in [3.05, 3.63) is 64.2 Å². The molecule has 0 fully saturated rings. The molecule has 0 spiro atoms. The highest BCUT2D eigenvalue weighted by atomic mass is 35.5. The molecule has 0 aliphatic carbocycles. The summed E-state index contributed by atoms with van der Waals surface area (Å²) >= 11 is 5.81. The number of anilines is 1. The number of hydrogen-bond acceptors (Lipinski definition) is 3. The van der Waals surface area contributed by atoms with Crippen LogP contribution in [0.4, 0.5) is 5.69 Å². The van der Waals surface area contributed by atoms with E-state index in [4.69, 9.17) is 11.6 Å². The van der Waals surface area contributed by atoms with Crippen LogP contribution in [0.25, 0.3) is 0 Å². The summed E-state index contributed by atoms with van der Waals surface area (Å²) in [5.74, 6) is -0.166. The summed E-state index contributed by atoms with van der Waals surface area (Å²) < 4.78 is 0. The van der Waals surface area contributed by atoms with Crippen LogP contribution in [0.1, 0.15) is 22.8 Å². The van der Waals surface area contributed by atoms with Crippen molar-refractivity contribution in [2.75, 3.05) is 18.4 Å². The molecule has 0 heterocycles. The molecule has 0 aromatic heterocycles. The third kappa shape index (κ3) is 4.98. The zero-order chi connectivity index (χ0) is 16.8. The highest BCUT2D eigenvalue weighted by Crippen LogP contribution is 2.19. The maximum atomic E-state index is 11.9. The van der Waals surface area contributed by atoms with Gasteiger partial charge in [-0.2, -0.15) is 0 Å². The first-order valence-electron chi connectivity index (χ1n) is 7.47. The molecule has 1 atom stereocenters. The molecule has 2 aromatic rings. The van der Waals surface area contributed by atoms with E-state index < -0.39 is 6.10 Å². The first-order valence-corrected chi connectivity index (χ1v) is 7.85. The van der Waals surface area contributed by atoms with E-state index in [-0.39, 0.29) is 19.0 Å². The number of aliphatic hydroxyl groups is 1. The molecule has 4 nitrogen and oxygen atoms in total. The summed E-state index contributed by atoms with van der Waals surface area (Å²) in [6.45, 7) is 4.32. The average Bonchev–Trinajstić information content (AvgIpc) is 2.53. The molecule has 0 aliphatic rings. The lowest BCUT2D eigenvalue weighted by atomic mass is 10.1. The number of aliphatic hydroxyl groups excluding tert-OH is 1. The van der Waals surface area contributed by atoms with Crippen LogP contribution in [0.5, 0.6) is 0 Å². The highest BCUT2D eigenvalue weighted by Gasteiger charge is 2.10. The van der Waals surface area contributed by atoms with E-state index in [0.29, 0.717) is 5.02 Å². The van der Waals surface area contributed by atoms with Crippen molar-refractivity contribution in [2.24, 2.45) is 0 Å². The minimum absolute atomic E-state index is 0.162. The van der Waals surface area contributed by atoms with Crippen LogP contribution in [-0.4, -0.2) is 24.1 Å². The van der Waals surface area contributed by atoms with Gasteiger partial charge in [0.2, 0.25) is 5.91 Å². The van der Waals surface area contributed by atoms with Gasteiger partial charge >= 0.3 is 0 Å². The molecule has 0 aliphatic heterocycles. The van der Waals surface area contributed by atoms with Gasteiger partial charge < -0.3 is 15.7 Å². The number of rotatable bonds is 6. The monoisotopic (exact) mass is 332 g/mol. The van der Waals surface area contributed by atoms with Crippen molar-refractivity contribution in [2.45, 2.75) is 20.0 Å². The number of amides is 1. The van der Waals surface area contributed by atoms with Gasteiger partial charge in [0, 0.05) is 17.3 Å². The van der Waals surface area contributed by atoms with Crippen LogP contribution in [0.2, 0.25) is 5.02 Å². The third-order valence-electron chi connectivity index (χ3n) is 3.65. The van der Waals surface area contributed by atoms with Gasteiger partial charge in [-0.05, 0) is 42.7 Å². The first-order chi connectivity index (χ1) is 11.0. The normalized spacial score (nSPS) is 11.8. The van der Waals surface area contributed by atoms with E-state index in [1.165, 1.54) is 0 Å². The number of carbonyl (C=O) groups excluding carboxylic acids is 1. The molecular weight excluding hydrogens is 312 g/mol. The van der Waals surface area contributed by atoms with Crippen LogP contribution in [0, 0.1) is 13.8 Å². The van der Waals surface area contributed by atoms with Crippen molar-refractivity contribution >= 4 is 23.2 Å². The van der Waals surface area contributed by atoms with Crippen LogP contribution in [0.3, 0.4) is 0 Å². The van der Waals surface area contributed by atoms with E-state index >= 15 is 0 Å². The fourth-order valence-electron chi connectivity index (χ4n) is 2.34. The van der Waals surface area contributed by atoms with Crippen LogP contribution in [-0.2, 0) is 4.79 Å². The summed E-state index contributed by atoms with van der Waals surface area (Å²) in [5, 5.41) is 16.5. The quantitative estimate of drug-likeness (QED) is 0.761. The number of carbonyl (C=O) groups is 1. The van der Waals surface area contributed by atoms with E-state index in [0.717, 1.165) is 22.4 Å². The Hall–Kier alpha value is -2.04. The number of nitrogens with one attached hydrogen (secondary N) is 2. The van der Waals surface area contributed by atoms with Gasteiger partial charge in [0.25, 0.3) is 0 Å². The minimum Gasteiger partial charge on any atom is -0.387 e. The first kappa shape index (κ1) is 17.3. The lowest BCUT2D eigenvalue weighted by Crippen LogP contribution is -2.33. The summed E-state index contributed by atoms with van der Waals surface area (Å²) in [7, 11) is 0. The maximum Gasteiger partial charge on any atom is 0.239 e. The number of aryl methyl sites for hydroxylation is 2. The van der Waals surface area contributed by atoms with E-state index in [2.05, 4.69) is 10.6 Å². The smallest absolute Gasteiger partial charge is 0.239 e. The molecular formula is C18H21ClN2O2. The average molecular weight is 333 g/mol. The molecule has 1 amide bonds. The summed E-state index contributed by atoms with van der Waals surface area (Å²) in [4.78, 5) is 11.9. The summed E-state index contributed by atoms with van der Waals surface area (Å²) in [5.41, 5.74) is 3.89. The van der Waals surface area contributed by atoms with Gasteiger partial charge in [0.15, 0.2) is 0 Å². The molecule has 0 saturated carbocycles. The number of halogens is 1. The van der Waals surface area contributed by atoms with E-state index in [1.807, 2.05) is 32.0 Å². The SMILES string of the molecule is Cc1cccc(C)c1NCC(=O)NCC(O)c1ccc(Cl)cc1. The summed E-state index contributed by atoms with van der Waals surface area (Å²) in [6, 6.07) is 12.9. The van der Waals surface area contributed by atoms with Crippen LogP contribution in [0.15, 0.2) is 42.5 Å². The summed E-state index contributed by atoms with van der Waals surface area (Å²) in [6.07, 6.45) is -0.753. The van der Waals surface area contributed by atoms with Gasteiger partial charge in [0.1, 0.15) is 0 Å². The molecule has 2 aromatic carbocycles. The Morgan fingerprint density at radius 2 is 1.74 bits per heavy atom. The molecule has 122 valence electrons. The lowest BCUT2D eigenvalue weighted by Gasteiger charge is -2.15. The Morgan fingerprint density at radius 3 is 2.35 bits per heavy atom. The number of benzene rings is 2. The van der Waals surface area contributed by atoms with E-state index in [1.54, 1.807) is 24.3 Å². The van der Waals surface area contributed by atoms with Crippen molar-refractivity contribution in [3.8, 4) is 0 Å². The molecule has 0 bridgehead atoms. The Labute approximate surface area is 141 Å². The van der Waals surface area contributed by atoms with Gasteiger partial charge in [0.05, 0.1) is 12.6 Å². The second-order valence-electron chi connectivity index (χ2n) is 5.49. The zero-order valence-electron chi connectivity index (χ0n) is 13.3. The van der Waals surface area contributed by atoms with Crippen molar-refractivity contribution in [3.63, 3.8) is 0 Å². The van der Waals surface area contributed by atoms with E-state index in [9.17, 15) is 9.90 Å². The van der Waals surface area contributed by atoms with Crippen molar-refractivity contribution in [1.29, 1.82) is 0 Å². The highest BCUT2D eigenvalue weighted by molar-refractivity contribution is 6.30. The Morgan fingerprint density at radius 1 is 1.13 bits per heavy atom. The zero-order valence-corrected chi connectivity index (χ0v) is 14.0. The number of hydrogen-bond donors (Lipinski definition) is 3. The van der Waals surface area contributed by atoms with Gasteiger partial charge in [-0.1, -0.05) is 41.9 Å². The van der Waals surface area contributed by atoms with Crippen molar-refractivity contribution < 1.29 is 9.90 Å². The minimum atomic E-state index is -0.753. The second kappa shape index (κ2) is 7.99. The van der Waals surface area contributed by atoms with Crippen LogP contribution >= 0.6 is 11.6 Å². The third-order valence-corrected chi connectivity index (χ3v) is 3.91. The molecule has 1 unspecified atom stereocenters. The van der Waals surface area contributed by atoms with Crippen molar-refractivity contribution in [1.82, 2.24) is 5.32 Å². The maximum absolute atomic E-state index is 11.9. The van der Waals surface area contributed by atoms with Gasteiger partial charge in [-0.3, -0.25) is 4.79 Å². The molecule has 5 heteroatoms. The fraction of sp³-hybridized carbons (Fsp3) is 0.278. The lowest BCUT2D eigenvalue weighted by molar-refractivity contribution is -0.119. The second-order valence-corrected chi connectivity index (χ2v) is 5.93. The molecule has 0 radical (unpaired) electrons. The Bertz CT molecular complexity index is 651. The van der Waals surface area contributed by atoms with Gasteiger partial charge in [-0.25, -0.2) is 0 Å². The molecule has 2 rings (SSSR count). The molecule has 0 saturated heterocycles. The fourth-order valence-corrected chi connectivity index (χ4v) is 2.46. The van der Waals surface area contributed by atoms with Gasteiger partial charge in [-0.15, -0.1) is 0 Å². The number of para-hydroxylation sites is 1. The Balaban J connectivity index is 1.82. The molecule has 3 N–H and O–H groups in total. The molecule has 23 heavy (non-hydrogen) atoms. The topological polar surface area (TPSA) is 61.4 Å². The van der Waals surface area contributed by atoms with Crippen LogP contribution < -0.4 is 10.6 Å². The largest absolute Gasteiger partial charge is 0.387 e. The predicted octanol–water partition coefficient (Wildman–Crippen LogP) is 3.22. The predicted molar refractivity (Wildman–Crippen MR) is 93.8 cm³/mol.